The van der Waals surface area contributed by atoms with Crippen LogP contribution in [0, 0.1) is 0 Å². The van der Waals surface area contributed by atoms with E-state index in [0.29, 0.717) is 24.4 Å². The second-order valence-electron chi connectivity index (χ2n) is 3.69. The van der Waals surface area contributed by atoms with E-state index < -0.39 is 0 Å². The van der Waals surface area contributed by atoms with Crippen LogP contribution in [-0.2, 0) is 0 Å². The third kappa shape index (κ3) is 3.48. The molecular weight excluding hydrogens is 320 g/mol. The van der Waals surface area contributed by atoms with Crippen molar-refractivity contribution in [1.82, 2.24) is 5.32 Å². The highest BCUT2D eigenvalue weighted by molar-refractivity contribution is 9.10. The molecule has 1 aromatic carbocycles. The molecule has 0 aliphatic rings. The Morgan fingerprint density at radius 2 is 2.17 bits per heavy atom. The summed E-state index contributed by atoms with van der Waals surface area (Å²) in [6.07, 6.45) is 0.761. The van der Waals surface area contributed by atoms with Crippen molar-refractivity contribution in [3.05, 3.63) is 34.5 Å². The molecule has 0 radical (unpaired) electrons. The summed E-state index contributed by atoms with van der Waals surface area (Å²) in [7, 11) is 0. The molecule has 6 heteroatoms. The summed E-state index contributed by atoms with van der Waals surface area (Å²) in [5.41, 5.74) is 6.06. The van der Waals surface area contributed by atoms with E-state index in [-0.39, 0.29) is 18.3 Å². The van der Waals surface area contributed by atoms with E-state index in [0.717, 1.165) is 16.3 Å². The van der Waals surface area contributed by atoms with Crippen LogP contribution in [0.15, 0.2) is 33.2 Å². The molecule has 0 spiro atoms. The maximum absolute atomic E-state index is 11.7. The normalized spacial score (nSPS) is 10.1. The maximum atomic E-state index is 11.7. The minimum absolute atomic E-state index is 0. The molecule has 0 unspecified atom stereocenters. The van der Waals surface area contributed by atoms with E-state index in [1.54, 1.807) is 6.07 Å². The van der Waals surface area contributed by atoms with Crippen LogP contribution in [0.4, 0.5) is 0 Å². The zero-order chi connectivity index (χ0) is 12.3. The van der Waals surface area contributed by atoms with Gasteiger partial charge in [-0.05, 0) is 37.2 Å². The van der Waals surface area contributed by atoms with Crippen LogP contribution >= 0.6 is 28.3 Å². The predicted octanol–water partition coefficient (Wildman–Crippen LogP) is 2.70. The Hall–Kier alpha value is -1.04. The molecule has 2 rings (SSSR count). The number of hydrogen-bond donors (Lipinski definition) is 2. The summed E-state index contributed by atoms with van der Waals surface area (Å²) >= 11 is 3.37. The Morgan fingerprint density at radius 3 is 2.89 bits per heavy atom. The number of amides is 1. The molecule has 1 aromatic heterocycles. The van der Waals surface area contributed by atoms with Crippen LogP contribution in [0.25, 0.3) is 11.0 Å². The molecule has 0 bridgehead atoms. The lowest BCUT2D eigenvalue weighted by atomic mass is 10.2. The second-order valence-corrected chi connectivity index (χ2v) is 4.61. The van der Waals surface area contributed by atoms with Crippen molar-refractivity contribution in [3.63, 3.8) is 0 Å². The minimum Gasteiger partial charge on any atom is -0.451 e. The molecule has 3 N–H and O–H groups in total. The predicted molar refractivity (Wildman–Crippen MR) is 77.2 cm³/mol. The quantitative estimate of drug-likeness (QED) is 0.845. The van der Waals surface area contributed by atoms with Gasteiger partial charge >= 0.3 is 0 Å². The van der Waals surface area contributed by atoms with Crippen molar-refractivity contribution in [2.75, 3.05) is 13.1 Å². The molecule has 0 saturated carbocycles. The van der Waals surface area contributed by atoms with Gasteiger partial charge in [0.25, 0.3) is 5.91 Å². The van der Waals surface area contributed by atoms with Gasteiger partial charge in [-0.1, -0.05) is 15.9 Å². The number of nitrogens with one attached hydrogen (secondary N) is 1. The van der Waals surface area contributed by atoms with Crippen LogP contribution in [0.3, 0.4) is 0 Å². The summed E-state index contributed by atoms with van der Waals surface area (Å²) in [5.74, 6) is 0.126. The number of fused-ring (bicyclic) bond motifs is 1. The number of rotatable bonds is 4. The molecular formula is C12H14BrClN2O2. The molecule has 98 valence electrons. The van der Waals surface area contributed by atoms with E-state index in [9.17, 15) is 4.79 Å². The van der Waals surface area contributed by atoms with Gasteiger partial charge in [-0.25, -0.2) is 0 Å². The molecule has 0 aliphatic heterocycles. The van der Waals surface area contributed by atoms with Gasteiger partial charge in [0.1, 0.15) is 5.58 Å². The Balaban J connectivity index is 0.00000162. The monoisotopic (exact) mass is 332 g/mol. The second kappa shape index (κ2) is 6.78. The standard InChI is InChI=1S/C12H13BrN2O2.ClH/c13-9-2-3-10-8(6-9)7-11(17-10)12(16)15-5-1-4-14;/h2-3,6-7H,1,4-5,14H2,(H,15,16);1H. The van der Waals surface area contributed by atoms with E-state index in [4.69, 9.17) is 10.2 Å². The topological polar surface area (TPSA) is 68.3 Å². The average molecular weight is 334 g/mol. The van der Waals surface area contributed by atoms with E-state index in [1.165, 1.54) is 0 Å². The first-order valence-electron chi connectivity index (χ1n) is 5.38. The third-order valence-electron chi connectivity index (χ3n) is 2.37. The van der Waals surface area contributed by atoms with Crippen molar-refractivity contribution in [2.45, 2.75) is 6.42 Å². The fraction of sp³-hybridized carbons (Fsp3) is 0.250. The van der Waals surface area contributed by atoms with Crippen molar-refractivity contribution >= 4 is 45.2 Å². The number of halogens is 2. The van der Waals surface area contributed by atoms with Gasteiger partial charge in [-0.2, -0.15) is 0 Å². The van der Waals surface area contributed by atoms with Crippen LogP contribution in [0.1, 0.15) is 17.0 Å². The molecule has 1 amide bonds. The van der Waals surface area contributed by atoms with Gasteiger partial charge in [-0.15, -0.1) is 12.4 Å². The number of carbonyl (C=O) groups is 1. The fourth-order valence-electron chi connectivity index (χ4n) is 1.52. The molecule has 0 aliphatic carbocycles. The zero-order valence-electron chi connectivity index (χ0n) is 9.61. The largest absolute Gasteiger partial charge is 0.451 e. The number of benzene rings is 1. The first-order chi connectivity index (χ1) is 8.20. The van der Waals surface area contributed by atoms with Crippen molar-refractivity contribution in [2.24, 2.45) is 5.73 Å². The Labute approximate surface area is 119 Å². The minimum atomic E-state index is -0.203. The molecule has 0 saturated heterocycles. The average Bonchev–Trinajstić information content (AvgIpc) is 2.72. The molecule has 1 heterocycles. The summed E-state index contributed by atoms with van der Waals surface area (Å²) in [5, 5.41) is 3.66. The number of carbonyl (C=O) groups excluding carboxylic acids is 1. The smallest absolute Gasteiger partial charge is 0.287 e. The Bertz CT molecular complexity index is 542. The Morgan fingerprint density at radius 1 is 1.39 bits per heavy atom. The first kappa shape index (κ1) is 15.0. The van der Waals surface area contributed by atoms with Crippen LogP contribution < -0.4 is 11.1 Å². The fourth-order valence-corrected chi connectivity index (χ4v) is 1.90. The van der Waals surface area contributed by atoms with Crippen molar-refractivity contribution in [1.29, 1.82) is 0 Å². The highest BCUT2D eigenvalue weighted by Gasteiger charge is 2.11. The lowest BCUT2D eigenvalue weighted by Crippen LogP contribution is -2.25. The Kier molecular flexibility index (Phi) is 5.65. The maximum Gasteiger partial charge on any atom is 0.287 e. The molecule has 0 atom stereocenters. The summed E-state index contributed by atoms with van der Waals surface area (Å²) in [6.45, 7) is 1.13. The van der Waals surface area contributed by atoms with Gasteiger partial charge in [0.2, 0.25) is 0 Å². The van der Waals surface area contributed by atoms with E-state index >= 15 is 0 Å². The highest BCUT2D eigenvalue weighted by atomic mass is 79.9. The summed E-state index contributed by atoms with van der Waals surface area (Å²) < 4.78 is 6.41. The van der Waals surface area contributed by atoms with Crippen molar-refractivity contribution < 1.29 is 9.21 Å². The SMILES string of the molecule is Cl.NCCCNC(=O)c1cc2cc(Br)ccc2o1. The lowest BCUT2D eigenvalue weighted by Gasteiger charge is -2.00. The van der Waals surface area contributed by atoms with Crippen LogP contribution in [0.5, 0.6) is 0 Å². The molecule has 18 heavy (non-hydrogen) atoms. The van der Waals surface area contributed by atoms with Gasteiger partial charge < -0.3 is 15.5 Å². The highest BCUT2D eigenvalue weighted by Crippen LogP contribution is 2.23. The number of furan rings is 1. The van der Waals surface area contributed by atoms with Crippen molar-refractivity contribution in [3.8, 4) is 0 Å². The van der Waals surface area contributed by atoms with Crippen LogP contribution in [0.2, 0.25) is 0 Å². The van der Waals surface area contributed by atoms with Gasteiger partial charge in [0.15, 0.2) is 5.76 Å². The van der Waals surface area contributed by atoms with E-state index in [2.05, 4.69) is 21.2 Å². The zero-order valence-corrected chi connectivity index (χ0v) is 12.0. The first-order valence-corrected chi connectivity index (χ1v) is 6.17. The molecule has 0 fully saturated rings. The lowest BCUT2D eigenvalue weighted by molar-refractivity contribution is 0.0928. The molecule has 2 aromatic rings. The summed E-state index contributed by atoms with van der Waals surface area (Å²) in [4.78, 5) is 11.7. The number of hydrogen-bond acceptors (Lipinski definition) is 3. The van der Waals surface area contributed by atoms with E-state index in [1.807, 2.05) is 18.2 Å². The van der Waals surface area contributed by atoms with Gasteiger partial charge in [0, 0.05) is 16.4 Å². The molecule has 4 nitrogen and oxygen atoms in total. The summed E-state index contributed by atoms with van der Waals surface area (Å²) in [6, 6.07) is 7.35. The van der Waals surface area contributed by atoms with Crippen LogP contribution in [-0.4, -0.2) is 19.0 Å². The van der Waals surface area contributed by atoms with Gasteiger partial charge in [-0.3, -0.25) is 4.79 Å². The van der Waals surface area contributed by atoms with Gasteiger partial charge in [0.05, 0.1) is 0 Å². The number of nitrogens with two attached hydrogens (primary N) is 1. The third-order valence-corrected chi connectivity index (χ3v) is 2.86.